The first kappa shape index (κ1) is 38.3. The van der Waals surface area contributed by atoms with Gasteiger partial charge in [-0.3, -0.25) is 0 Å². The third-order valence-electron chi connectivity index (χ3n) is 8.19. The number of rotatable bonds is 13. The maximum Gasteiger partial charge on any atom is 0.188 e. The molecule has 1 unspecified atom stereocenters. The zero-order valence-electron chi connectivity index (χ0n) is 29.6. The normalized spacial score (nSPS) is 18.9. The number of hydrogen-bond donors (Lipinski definition) is 1. The number of benzene rings is 3. The molecule has 0 aliphatic carbocycles. The van der Waals surface area contributed by atoms with Gasteiger partial charge in [0.25, 0.3) is 0 Å². The summed E-state index contributed by atoms with van der Waals surface area (Å²) in [6, 6.07) is 18.4. The predicted molar refractivity (Wildman–Crippen MR) is 182 cm³/mol. The minimum Gasteiger partial charge on any atom is -0.496 e. The van der Waals surface area contributed by atoms with E-state index in [1.165, 1.54) is 0 Å². The molecule has 0 spiro atoms. The molecule has 0 saturated carbocycles. The number of ether oxygens (including phenoxy) is 9. The second-order valence-corrected chi connectivity index (χ2v) is 13.6. The summed E-state index contributed by atoms with van der Waals surface area (Å²) in [6.07, 6.45) is -1.25. The van der Waals surface area contributed by atoms with Crippen LogP contribution in [0.5, 0.6) is 17.2 Å². The van der Waals surface area contributed by atoms with Gasteiger partial charge in [0.15, 0.2) is 19.4 Å². The third kappa shape index (κ3) is 9.17. The van der Waals surface area contributed by atoms with E-state index in [0.717, 1.165) is 11.1 Å². The van der Waals surface area contributed by atoms with Gasteiger partial charge < -0.3 is 52.5 Å². The van der Waals surface area contributed by atoms with Crippen LogP contribution in [0.3, 0.4) is 0 Å². The number of carbonyl (C=O) groups is 1. The molecule has 5 rings (SSSR count). The molecule has 3 aromatic carbocycles. The largest absolute Gasteiger partial charge is 0.496 e. The SMILES string of the molecule is C=O.COCCOc1cccc(C(O)(c2cc(C3OCC(C)(C)CO3)ccc2OC)c2cc(C3OCC(C)(C)CO3)ccc2OCOC)c1. The summed E-state index contributed by atoms with van der Waals surface area (Å²) in [4.78, 5) is 8.00. The molecule has 2 heterocycles. The minimum atomic E-state index is -1.84. The van der Waals surface area contributed by atoms with E-state index < -0.39 is 18.2 Å². The third-order valence-corrected chi connectivity index (χ3v) is 8.19. The van der Waals surface area contributed by atoms with E-state index in [1.54, 1.807) is 33.5 Å². The van der Waals surface area contributed by atoms with Gasteiger partial charge in [-0.15, -0.1) is 0 Å². The monoisotopic (exact) mass is 682 g/mol. The smallest absolute Gasteiger partial charge is 0.188 e. The van der Waals surface area contributed by atoms with E-state index in [4.69, 9.17) is 47.4 Å². The second kappa shape index (κ2) is 16.9. The van der Waals surface area contributed by atoms with Gasteiger partial charge in [0.1, 0.15) is 36.2 Å². The zero-order chi connectivity index (χ0) is 35.7. The van der Waals surface area contributed by atoms with Crippen molar-refractivity contribution in [1.29, 1.82) is 0 Å². The Labute approximate surface area is 289 Å². The topological polar surface area (TPSA) is 120 Å². The molecule has 2 saturated heterocycles. The molecule has 2 fully saturated rings. The van der Waals surface area contributed by atoms with Crippen molar-refractivity contribution in [1.82, 2.24) is 0 Å². The standard InChI is InChI=1S/C37H48O10.CH2O/c1-35(2)20-43-33(44-21-35)25-11-13-31(41-7)29(17-25)37(38,27-9-8-10-28(19-27)42-16-15-39-5)30-18-26(12-14-32(30)47-24-40-6)34-45-22-36(3,4)23-46-34;1-2/h8-14,17-19,33-34,38H,15-16,20-24H2,1-7H3;1H2. The highest BCUT2D eigenvalue weighted by Crippen LogP contribution is 2.48. The van der Waals surface area contributed by atoms with E-state index >= 15 is 0 Å². The molecule has 0 aromatic heterocycles. The summed E-state index contributed by atoms with van der Waals surface area (Å²) in [5.74, 6) is 1.42. The maximum absolute atomic E-state index is 13.4. The minimum absolute atomic E-state index is 0.0378. The van der Waals surface area contributed by atoms with E-state index in [1.807, 2.05) is 55.3 Å². The fraction of sp³-hybridized carbons (Fsp3) is 0.500. The Morgan fingerprint density at radius 1 is 0.714 bits per heavy atom. The molecule has 1 N–H and O–H groups in total. The van der Waals surface area contributed by atoms with Gasteiger partial charge in [-0.2, -0.15) is 0 Å². The average molecular weight is 683 g/mol. The molecule has 0 amide bonds. The van der Waals surface area contributed by atoms with Crippen molar-refractivity contribution in [2.75, 3.05) is 67.8 Å². The summed E-state index contributed by atoms with van der Waals surface area (Å²) in [7, 11) is 4.74. The van der Waals surface area contributed by atoms with Gasteiger partial charge in [0.2, 0.25) is 0 Å². The van der Waals surface area contributed by atoms with Crippen molar-refractivity contribution in [2.45, 2.75) is 45.9 Å². The maximum atomic E-state index is 13.4. The number of aliphatic hydroxyl groups is 1. The molecule has 49 heavy (non-hydrogen) atoms. The molecule has 3 aromatic rings. The van der Waals surface area contributed by atoms with E-state index in [0.29, 0.717) is 73.6 Å². The van der Waals surface area contributed by atoms with E-state index in [9.17, 15) is 5.11 Å². The highest BCUT2D eigenvalue weighted by atomic mass is 16.7. The first-order chi connectivity index (χ1) is 23.5. The van der Waals surface area contributed by atoms with Gasteiger partial charge in [0, 0.05) is 47.3 Å². The summed E-state index contributed by atoms with van der Waals surface area (Å²) in [5, 5.41) is 13.4. The lowest BCUT2D eigenvalue weighted by molar-refractivity contribution is -0.226. The van der Waals surface area contributed by atoms with Gasteiger partial charge in [-0.1, -0.05) is 52.0 Å². The van der Waals surface area contributed by atoms with Crippen molar-refractivity contribution in [3.8, 4) is 17.2 Å². The quantitative estimate of drug-likeness (QED) is 0.131. The zero-order valence-corrected chi connectivity index (χ0v) is 29.6. The molecule has 0 radical (unpaired) electrons. The summed E-state index contributed by atoms with van der Waals surface area (Å²) in [6.45, 7) is 13.2. The Morgan fingerprint density at radius 2 is 1.24 bits per heavy atom. The Morgan fingerprint density at radius 3 is 1.76 bits per heavy atom. The van der Waals surface area contributed by atoms with Crippen molar-refractivity contribution < 1.29 is 52.5 Å². The lowest BCUT2D eigenvalue weighted by Crippen LogP contribution is -2.35. The van der Waals surface area contributed by atoms with E-state index in [-0.39, 0.29) is 17.6 Å². The van der Waals surface area contributed by atoms with Gasteiger partial charge >= 0.3 is 0 Å². The first-order valence-electron chi connectivity index (χ1n) is 16.1. The lowest BCUT2D eigenvalue weighted by atomic mass is 9.78. The average Bonchev–Trinajstić information content (AvgIpc) is 3.11. The van der Waals surface area contributed by atoms with Gasteiger partial charge in [-0.05, 0) is 42.0 Å². The molecule has 268 valence electrons. The number of methoxy groups -OCH3 is 3. The van der Waals surface area contributed by atoms with Crippen LogP contribution in [0.25, 0.3) is 0 Å². The highest BCUT2D eigenvalue weighted by Gasteiger charge is 2.42. The molecule has 2 aliphatic heterocycles. The molecule has 11 heteroatoms. The van der Waals surface area contributed by atoms with Crippen molar-refractivity contribution in [2.24, 2.45) is 10.8 Å². The molecular weight excluding hydrogens is 632 g/mol. The van der Waals surface area contributed by atoms with Crippen LogP contribution in [0.15, 0.2) is 60.7 Å². The number of hydrogen-bond acceptors (Lipinski definition) is 11. The van der Waals surface area contributed by atoms with Crippen LogP contribution >= 0.6 is 0 Å². The highest BCUT2D eigenvalue weighted by molar-refractivity contribution is 5.59. The van der Waals surface area contributed by atoms with Crippen molar-refractivity contribution in [3.05, 3.63) is 88.5 Å². The van der Waals surface area contributed by atoms with Crippen LogP contribution in [0.1, 0.15) is 68.1 Å². The van der Waals surface area contributed by atoms with Gasteiger partial charge in [0.05, 0.1) is 40.1 Å². The second-order valence-electron chi connectivity index (χ2n) is 13.6. The van der Waals surface area contributed by atoms with Crippen LogP contribution < -0.4 is 14.2 Å². The summed E-state index contributed by atoms with van der Waals surface area (Å²) >= 11 is 0. The fourth-order valence-electron chi connectivity index (χ4n) is 5.66. The Balaban J connectivity index is 0.00000265. The molecule has 2 aliphatic rings. The molecule has 0 bridgehead atoms. The van der Waals surface area contributed by atoms with Gasteiger partial charge in [-0.25, -0.2) is 0 Å². The summed E-state index contributed by atoms with van der Waals surface area (Å²) < 4.78 is 53.1. The van der Waals surface area contributed by atoms with Crippen LogP contribution in [0.2, 0.25) is 0 Å². The van der Waals surface area contributed by atoms with Crippen LogP contribution in [0, 0.1) is 10.8 Å². The Hall–Kier alpha value is -3.55. The molecule has 11 nitrogen and oxygen atoms in total. The summed E-state index contributed by atoms with van der Waals surface area (Å²) in [5.41, 5.74) is 0.791. The molecule has 1 atom stereocenters. The predicted octanol–water partition coefficient (Wildman–Crippen LogP) is 5.95. The number of carbonyl (C=O) groups excluding carboxylic acids is 1. The Bertz CT molecular complexity index is 1490. The van der Waals surface area contributed by atoms with Crippen LogP contribution in [-0.2, 0) is 38.8 Å². The molecular formula is C38H50O11. The fourth-order valence-corrected chi connectivity index (χ4v) is 5.66. The van der Waals surface area contributed by atoms with E-state index in [2.05, 4.69) is 27.7 Å². The van der Waals surface area contributed by atoms with Crippen LogP contribution in [0.4, 0.5) is 0 Å². The van der Waals surface area contributed by atoms with Crippen molar-refractivity contribution >= 4 is 6.79 Å². The lowest BCUT2D eigenvalue weighted by Gasteiger charge is -2.37. The Kier molecular flexibility index (Phi) is 13.2. The van der Waals surface area contributed by atoms with Crippen LogP contribution in [-0.4, -0.2) is 79.7 Å². The van der Waals surface area contributed by atoms with Crippen molar-refractivity contribution in [3.63, 3.8) is 0 Å². The first-order valence-corrected chi connectivity index (χ1v) is 16.1.